The van der Waals surface area contributed by atoms with Gasteiger partial charge >= 0.3 is 0 Å². The van der Waals surface area contributed by atoms with Gasteiger partial charge in [-0.2, -0.15) is 0 Å². The molecule has 1 saturated heterocycles. The van der Waals surface area contributed by atoms with Crippen molar-refractivity contribution in [2.45, 2.75) is 17.4 Å². The second-order valence-corrected chi connectivity index (χ2v) is 6.41. The number of thioether (sulfide) groups is 1. The van der Waals surface area contributed by atoms with Crippen molar-refractivity contribution in [3.05, 3.63) is 30.3 Å². The van der Waals surface area contributed by atoms with Gasteiger partial charge in [0.25, 0.3) is 0 Å². The maximum Gasteiger partial charge on any atom is 0.0146 e. The summed E-state index contributed by atoms with van der Waals surface area (Å²) in [4.78, 5) is 6.24. The predicted octanol–water partition coefficient (Wildman–Crippen LogP) is 1.74. The molecule has 1 unspecified atom stereocenters. The molecule has 0 aliphatic carbocycles. The molecular weight excluding hydrogens is 254 g/mol. The third-order valence-electron chi connectivity index (χ3n) is 3.62. The first kappa shape index (κ1) is 14.9. The van der Waals surface area contributed by atoms with Crippen molar-refractivity contribution in [2.24, 2.45) is 5.73 Å². The van der Waals surface area contributed by atoms with E-state index in [1.807, 2.05) is 11.8 Å². The fourth-order valence-electron chi connectivity index (χ4n) is 2.22. The lowest BCUT2D eigenvalue weighted by molar-refractivity contribution is 0.151. The van der Waals surface area contributed by atoms with Crippen molar-refractivity contribution < 1.29 is 0 Å². The maximum atomic E-state index is 6.21. The molecule has 1 aromatic rings. The molecule has 0 aromatic heterocycles. The predicted molar refractivity (Wildman–Crippen MR) is 83.7 cm³/mol. The van der Waals surface area contributed by atoms with Gasteiger partial charge in [0, 0.05) is 42.9 Å². The van der Waals surface area contributed by atoms with Gasteiger partial charge < -0.3 is 15.5 Å². The van der Waals surface area contributed by atoms with Gasteiger partial charge in [0.1, 0.15) is 0 Å². The quantitative estimate of drug-likeness (QED) is 0.804. The van der Waals surface area contributed by atoms with Crippen LogP contribution in [0.25, 0.3) is 0 Å². The van der Waals surface area contributed by atoms with Gasteiger partial charge in [-0.25, -0.2) is 0 Å². The zero-order chi connectivity index (χ0) is 13.5. The van der Waals surface area contributed by atoms with Crippen molar-refractivity contribution in [2.75, 3.05) is 45.5 Å². The highest BCUT2D eigenvalue weighted by Crippen LogP contribution is 2.18. The van der Waals surface area contributed by atoms with Gasteiger partial charge in [0.05, 0.1) is 0 Å². The molecule has 3 nitrogen and oxygen atoms in total. The maximum absolute atomic E-state index is 6.21. The van der Waals surface area contributed by atoms with Crippen LogP contribution in [-0.2, 0) is 0 Å². The molecule has 4 heteroatoms. The molecule has 19 heavy (non-hydrogen) atoms. The molecule has 0 amide bonds. The van der Waals surface area contributed by atoms with Crippen LogP contribution in [0.2, 0.25) is 0 Å². The monoisotopic (exact) mass is 279 g/mol. The van der Waals surface area contributed by atoms with E-state index >= 15 is 0 Å². The summed E-state index contributed by atoms with van der Waals surface area (Å²) in [5, 5.41) is 0. The topological polar surface area (TPSA) is 32.5 Å². The molecule has 106 valence electrons. The second kappa shape index (κ2) is 7.90. The average Bonchev–Trinajstić information content (AvgIpc) is 2.45. The number of nitrogens with two attached hydrogens (primary N) is 1. The lowest BCUT2D eigenvalue weighted by Crippen LogP contribution is -2.45. The number of hydrogen-bond donors (Lipinski definition) is 1. The Morgan fingerprint density at radius 1 is 1.16 bits per heavy atom. The molecule has 0 saturated carbocycles. The smallest absolute Gasteiger partial charge is 0.0146 e. The Hall–Kier alpha value is -0.550. The van der Waals surface area contributed by atoms with Gasteiger partial charge in [0.2, 0.25) is 0 Å². The van der Waals surface area contributed by atoms with E-state index in [0.29, 0.717) is 6.04 Å². The van der Waals surface area contributed by atoms with Crippen LogP contribution in [0.5, 0.6) is 0 Å². The molecule has 1 aliphatic heterocycles. The van der Waals surface area contributed by atoms with Gasteiger partial charge in [-0.3, -0.25) is 0 Å². The number of rotatable bonds is 6. The number of likely N-dealkylation sites (N-methyl/N-ethyl adjacent to an activating group) is 1. The molecule has 1 heterocycles. The first-order chi connectivity index (χ1) is 9.24. The van der Waals surface area contributed by atoms with Crippen LogP contribution >= 0.6 is 11.8 Å². The minimum Gasteiger partial charge on any atom is -0.327 e. The minimum absolute atomic E-state index is 0.296. The molecule has 2 rings (SSSR count). The Morgan fingerprint density at radius 3 is 2.53 bits per heavy atom. The fraction of sp³-hybridized carbons (Fsp3) is 0.600. The first-order valence-corrected chi connectivity index (χ1v) is 8.07. The fourth-order valence-corrected chi connectivity index (χ4v) is 3.15. The molecule has 1 aliphatic rings. The summed E-state index contributed by atoms with van der Waals surface area (Å²) in [6.07, 6.45) is 1.10. The van der Waals surface area contributed by atoms with E-state index in [9.17, 15) is 0 Å². The SMILES string of the molecule is CN1CCN(CCC(N)CSc2ccccc2)CC1. The first-order valence-electron chi connectivity index (χ1n) is 7.08. The van der Waals surface area contributed by atoms with Crippen LogP contribution in [0.15, 0.2) is 35.2 Å². The van der Waals surface area contributed by atoms with Crippen molar-refractivity contribution in [3.8, 4) is 0 Å². The number of piperazine rings is 1. The normalized spacial score (nSPS) is 19.5. The third kappa shape index (κ3) is 5.53. The Balaban J connectivity index is 1.61. The highest BCUT2D eigenvalue weighted by Gasteiger charge is 2.14. The average molecular weight is 279 g/mol. The Bertz CT molecular complexity index is 350. The Labute approximate surface area is 121 Å². The van der Waals surface area contributed by atoms with Gasteiger partial charge in [-0.1, -0.05) is 18.2 Å². The molecule has 1 aromatic carbocycles. The lowest BCUT2D eigenvalue weighted by atomic mass is 10.2. The highest BCUT2D eigenvalue weighted by atomic mass is 32.2. The summed E-state index contributed by atoms with van der Waals surface area (Å²) in [5.74, 6) is 1.01. The van der Waals surface area contributed by atoms with E-state index in [2.05, 4.69) is 47.2 Å². The van der Waals surface area contributed by atoms with E-state index in [1.54, 1.807) is 0 Å². The molecule has 0 bridgehead atoms. The van der Waals surface area contributed by atoms with Crippen LogP contribution < -0.4 is 5.73 Å². The summed E-state index contributed by atoms with van der Waals surface area (Å²) >= 11 is 1.86. The van der Waals surface area contributed by atoms with Crippen LogP contribution in [0.4, 0.5) is 0 Å². The van der Waals surface area contributed by atoms with E-state index in [1.165, 1.54) is 31.1 Å². The van der Waals surface area contributed by atoms with Crippen LogP contribution in [0, 0.1) is 0 Å². The van der Waals surface area contributed by atoms with Crippen LogP contribution in [-0.4, -0.2) is 61.4 Å². The molecule has 2 N–H and O–H groups in total. The van der Waals surface area contributed by atoms with Crippen molar-refractivity contribution in [3.63, 3.8) is 0 Å². The van der Waals surface area contributed by atoms with Crippen molar-refractivity contribution in [1.82, 2.24) is 9.80 Å². The summed E-state index contributed by atoms with van der Waals surface area (Å²) in [7, 11) is 2.19. The third-order valence-corrected chi connectivity index (χ3v) is 4.82. The molecule has 1 fully saturated rings. The summed E-state index contributed by atoms with van der Waals surface area (Å²) in [5.41, 5.74) is 6.21. The van der Waals surface area contributed by atoms with Crippen molar-refractivity contribution >= 4 is 11.8 Å². The number of benzene rings is 1. The van der Waals surface area contributed by atoms with Gasteiger partial charge in [0.15, 0.2) is 0 Å². The number of nitrogens with zero attached hydrogens (tertiary/aromatic N) is 2. The van der Waals surface area contributed by atoms with Gasteiger partial charge in [-0.15, -0.1) is 11.8 Å². The Morgan fingerprint density at radius 2 is 1.84 bits per heavy atom. The van der Waals surface area contributed by atoms with E-state index in [4.69, 9.17) is 5.73 Å². The Kier molecular flexibility index (Phi) is 6.17. The standard InChI is InChI=1S/C15H25N3S/c1-17-9-11-18(12-10-17)8-7-14(16)13-19-15-5-3-2-4-6-15/h2-6,14H,7-13,16H2,1H3. The van der Waals surface area contributed by atoms with Crippen molar-refractivity contribution in [1.29, 1.82) is 0 Å². The summed E-state index contributed by atoms with van der Waals surface area (Å²) in [6.45, 7) is 5.90. The molecule has 1 atom stereocenters. The minimum atomic E-state index is 0.296. The van der Waals surface area contributed by atoms with Crippen LogP contribution in [0.1, 0.15) is 6.42 Å². The van der Waals surface area contributed by atoms with E-state index in [-0.39, 0.29) is 0 Å². The molecule has 0 radical (unpaired) electrons. The number of hydrogen-bond acceptors (Lipinski definition) is 4. The van der Waals surface area contributed by atoms with Gasteiger partial charge in [-0.05, 0) is 32.1 Å². The van der Waals surface area contributed by atoms with E-state index in [0.717, 1.165) is 18.7 Å². The zero-order valence-electron chi connectivity index (χ0n) is 11.8. The van der Waals surface area contributed by atoms with E-state index < -0.39 is 0 Å². The summed E-state index contributed by atoms with van der Waals surface area (Å²) in [6, 6.07) is 10.8. The lowest BCUT2D eigenvalue weighted by Gasteiger charge is -2.32. The van der Waals surface area contributed by atoms with Crippen LogP contribution in [0.3, 0.4) is 0 Å². The largest absolute Gasteiger partial charge is 0.327 e. The summed E-state index contributed by atoms with van der Waals surface area (Å²) < 4.78 is 0. The molecule has 0 spiro atoms. The zero-order valence-corrected chi connectivity index (χ0v) is 12.6. The molecular formula is C15H25N3S. The highest BCUT2D eigenvalue weighted by molar-refractivity contribution is 7.99. The second-order valence-electron chi connectivity index (χ2n) is 5.32.